The molecule has 3 rings (SSSR count). The van der Waals surface area contributed by atoms with Gasteiger partial charge in [0, 0.05) is 34.2 Å². The van der Waals surface area contributed by atoms with Crippen LogP contribution in [0.15, 0.2) is 48.0 Å². The number of benzene rings is 1. The van der Waals surface area contributed by atoms with Gasteiger partial charge in [-0.15, -0.1) is 22.7 Å². The number of hydrogen-bond acceptors (Lipinski definition) is 4. The minimum Gasteiger partial charge on any atom is -0.380 e. The van der Waals surface area contributed by atoms with Crippen molar-refractivity contribution >= 4 is 40.0 Å². The number of hydrogen-bond donors (Lipinski definition) is 1. The van der Waals surface area contributed by atoms with Gasteiger partial charge in [-0.25, -0.2) is 4.98 Å². The fraction of sp³-hybridized carbons (Fsp3) is 0.0714. The van der Waals surface area contributed by atoms with Gasteiger partial charge in [0.05, 0.1) is 4.34 Å². The predicted octanol–water partition coefficient (Wildman–Crippen LogP) is 5.14. The minimum absolute atomic E-state index is 0.790. The summed E-state index contributed by atoms with van der Waals surface area (Å²) in [6.07, 6.45) is 1.83. The van der Waals surface area contributed by atoms with Gasteiger partial charge >= 0.3 is 0 Å². The number of nitrogens with zero attached hydrogens (tertiary/aromatic N) is 1. The molecule has 0 unspecified atom stereocenters. The Bertz CT molecular complexity index is 662. The molecule has 0 atom stereocenters. The number of aromatic nitrogens is 1. The Balaban J connectivity index is 1.73. The van der Waals surface area contributed by atoms with Crippen LogP contribution in [0.1, 0.15) is 4.88 Å². The summed E-state index contributed by atoms with van der Waals surface area (Å²) in [4.78, 5) is 5.55. The second-order valence-electron chi connectivity index (χ2n) is 3.98. The average molecular weight is 307 g/mol. The van der Waals surface area contributed by atoms with Crippen LogP contribution in [0.3, 0.4) is 0 Å². The molecule has 2 nitrogen and oxygen atoms in total. The molecule has 3 aromatic rings. The monoisotopic (exact) mass is 306 g/mol. The number of rotatable bonds is 4. The van der Waals surface area contributed by atoms with Gasteiger partial charge < -0.3 is 5.32 Å². The molecular weight excluding hydrogens is 296 g/mol. The van der Waals surface area contributed by atoms with Gasteiger partial charge in [-0.2, -0.15) is 0 Å². The summed E-state index contributed by atoms with van der Waals surface area (Å²) in [7, 11) is 0. The van der Waals surface area contributed by atoms with Crippen LogP contribution >= 0.6 is 34.3 Å². The van der Waals surface area contributed by atoms with Crippen molar-refractivity contribution in [3.05, 3.63) is 57.2 Å². The Hall–Kier alpha value is -1.36. The Morgan fingerprint density at radius 1 is 1.21 bits per heavy atom. The molecule has 5 heteroatoms. The Kier molecular flexibility index (Phi) is 3.82. The molecule has 1 N–H and O–H groups in total. The van der Waals surface area contributed by atoms with E-state index in [1.54, 1.807) is 22.7 Å². The first-order valence-electron chi connectivity index (χ1n) is 5.79. The number of halogens is 1. The van der Waals surface area contributed by atoms with Gasteiger partial charge in [-0.3, -0.25) is 0 Å². The zero-order valence-electron chi connectivity index (χ0n) is 9.97. The number of nitrogens with one attached hydrogen (secondary N) is 1. The normalized spacial score (nSPS) is 10.6. The molecule has 0 aliphatic heterocycles. The first kappa shape index (κ1) is 12.7. The van der Waals surface area contributed by atoms with Crippen LogP contribution in [-0.2, 0) is 6.54 Å². The summed E-state index contributed by atoms with van der Waals surface area (Å²) >= 11 is 9.17. The van der Waals surface area contributed by atoms with E-state index in [2.05, 4.69) is 28.5 Å². The summed E-state index contributed by atoms with van der Waals surface area (Å²) < 4.78 is 0.827. The zero-order valence-corrected chi connectivity index (χ0v) is 12.4. The highest BCUT2D eigenvalue weighted by Gasteiger charge is 2.02. The Morgan fingerprint density at radius 3 is 2.89 bits per heavy atom. The van der Waals surface area contributed by atoms with Crippen molar-refractivity contribution in [2.45, 2.75) is 6.54 Å². The number of thiophene rings is 1. The second-order valence-corrected chi connectivity index (χ2v) is 6.67. The molecule has 1 aromatic carbocycles. The van der Waals surface area contributed by atoms with Crippen LogP contribution < -0.4 is 5.32 Å². The Labute approximate surface area is 124 Å². The van der Waals surface area contributed by atoms with Crippen LogP contribution in [0.5, 0.6) is 0 Å². The maximum atomic E-state index is 5.92. The van der Waals surface area contributed by atoms with Gasteiger partial charge in [0.15, 0.2) is 0 Å². The van der Waals surface area contributed by atoms with Crippen molar-refractivity contribution in [1.29, 1.82) is 0 Å². The lowest BCUT2D eigenvalue weighted by molar-refractivity contribution is 1.19. The first-order valence-corrected chi connectivity index (χ1v) is 7.87. The molecule has 0 saturated heterocycles. The molecule has 0 spiro atoms. The predicted molar refractivity (Wildman–Crippen MR) is 84.2 cm³/mol. The van der Waals surface area contributed by atoms with Crippen molar-refractivity contribution in [2.24, 2.45) is 0 Å². The van der Waals surface area contributed by atoms with E-state index in [9.17, 15) is 0 Å². The quantitative estimate of drug-likeness (QED) is 0.722. The highest BCUT2D eigenvalue weighted by molar-refractivity contribution is 7.16. The van der Waals surface area contributed by atoms with Crippen molar-refractivity contribution in [2.75, 3.05) is 5.32 Å². The van der Waals surface area contributed by atoms with Gasteiger partial charge in [0.1, 0.15) is 5.01 Å². The highest BCUT2D eigenvalue weighted by Crippen LogP contribution is 2.26. The molecule has 19 heavy (non-hydrogen) atoms. The van der Waals surface area contributed by atoms with E-state index in [1.165, 1.54) is 4.88 Å². The highest BCUT2D eigenvalue weighted by atomic mass is 35.5. The molecule has 0 aliphatic rings. The van der Waals surface area contributed by atoms with E-state index in [-0.39, 0.29) is 0 Å². The molecule has 2 heterocycles. The third-order valence-corrected chi connectivity index (χ3v) is 4.69. The smallest absolute Gasteiger partial charge is 0.123 e. The summed E-state index contributed by atoms with van der Waals surface area (Å²) in [6, 6.07) is 12.3. The molecular formula is C14H11ClN2S2. The number of anilines is 1. The van der Waals surface area contributed by atoms with E-state index in [0.717, 1.165) is 27.1 Å². The zero-order chi connectivity index (χ0) is 13.1. The molecule has 0 fully saturated rings. The lowest BCUT2D eigenvalue weighted by Gasteiger charge is -2.06. The van der Waals surface area contributed by atoms with E-state index in [1.807, 2.05) is 29.8 Å². The van der Waals surface area contributed by atoms with Gasteiger partial charge in [0.2, 0.25) is 0 Å². The topological polar surface area (TPSA) is 24.9 Å². The van der Waals surface area contributed by atoms with Crippen LogP contribution in [-0.4, -0.2) is 4.98 Å². The van der Waals surface area contributed by atoms with Crippen molar-refractivity contribution in [1.82, 2.24) is 4.98 Å². The largest absolute Gasteiger partial charge is 0.380 e. The molecule has 0 saturated carbocycles. The van der Waals surface area contributed by atoms with Gasteiger partial charge in [0.25, 0.3) is 0 Å². The van der Waals surface area contributed by atoms with Gasteiger partial charge in [-0.05, 0) is 24.3 Å². The van der Waals surface area contributed by atoms with E-state index in [4.69, 9.17) is 11.6 Å². The van der Waals surface area contributed by atoms with Crippen LogP contribution in [0.4, 0.5) is 5.69 Å². The van der Waals surface area contributed by atoms with E-state index >= 15 is 0 Å². The van der Waals surface area contributed by atoms with Crippen LogP contribution in [0.2, 0.25) is 4.34 Å². The van der Waals surface area contributed by atoms with Crippen LogP contribution in [0, 0.1) is 0 Å². The molecule has 0 amide bonds. The fourth-order valence-electron chi connectivity index (χ4n) is 1.76. The van der Waals surface area contributed by atoms with Gasteiger partial charge in [-0.1, -0.05) is 23.7 Å². The lowest BCUT2D eigenvalue weighted by atomic mass is 10.2. The van der Waals surface area contributed by atoms with E-state index in [0.29, 0.717) is 0 Å². The molecule has 0 radical (unpaired) electrons. The maximum Gasteiger partial charge on any atom is 0.123 e. The van der Waals surface area contributed by atoms with Crippen molar-refractivity contribution in [3.63, 3.8) is 0 Å². The first-order chi connectivity index (χ1) is 9.31. The average Bonchev–Trinajstić information content (AvgIpc) is 3.08. The fourth-order valence-corrected chi connectivity index (χ4v) is 3.43. The van der Waals surface area contributed by atoms with Crippen LogP contribution in [0.25, 0.3) is 10.6 Å². The molecule has 0 aliphatic carbocycles. The summed E-state index contributed by atoms with van der Waals surface area (Å²) in [5.41, 5.74) is 2.24. The summed E-state index contributed by atoms with van der Waals surface area (Å²) in [6.45, 7) is 0.790. The third kappa shape index (κ3) is 3.15. The molecule has 0 bridgehead atoms. The standard InChI is InChI=1S/C14H11ClN2S2/c15-13-5-4-12(19-13)9-17-11-3-1-2-10(8-11)14-16-6-7-18-14/h1-8,17H,9H2. The lowest BCUT2D eigenvalue weighted by Crippen LogP contribution is -1.97. The Morgan fingerprint density at radius 2 is 2.16 bits per heavy atom. The summed E-state index contributed by atoms with van der Waals surface area (Å²) in [5, 5.41) is 6.44. The summed E-state index contributed by atoms with van der Waals surface area (Å²) in [5.74, 6) is 0. The van der Waals surface area contributed by atoms with E-state index < -0.39 is 0 Å². The minimum atomic E-state index is 0.790. The SMILES string of the molecule is Clc1ccc(CNc2cccc(-c3nccs3)c2)s1. The number of thiazole rings is 1. The van der Waals surface area contributed by atoms with Crippen molar-refractivity contribution < 1.29 is 0 Å². The second kappa shape index (κ2) is 5.74. The molecule has 2 aromatic heterocycles. The molecule has 96 valence electrons. The maximum absolute atomic E-state index is 5.92. The third-order valence-electron chi connectivity index (χ3n) is 2.64. The van der Waals surface area contributed by atoms with Crippen molar-refractivity contribution in [3.8, 4) is 10.6 Å².